The van der Waals surface area contributed by atoms with E-state index in [-0.39, 0.29) is 0 Å². The molecule has 0 aliphatic carbocycles. The number of hydrogen-bond acceptors (Lipinski definition) is 7. The SMILES string of the molecule is CC(=O)OC[C@H]1OC=C(C(F)(F)F)[C@@H](OC(C)=O)[C@@H]1OC(C)=O. The van der Waals surface area contributed by atoms with Gasteiger partial charge in [-0.25, -0.2) is 0 Å². The monoisotopic (exact) mass is 340 g/mol. The van der Waals surface area contributed by atoms with E-state index in [4.69, 9.17) is 9.47 Å². The zero-order valence-electron chi connectivity index (χ0n) is 12.5. The standard InChI is InChI=1S/C13H15F3O7/c1-6(17)20-5-10-12(23-8(3)19)11(22-7(2)18)9(4-21-10)13(14,15)16/h4,10-12H,5H2,1-3H3/t10-,11-,12-/m1/s1. The van der Waals surface area contributed by atoms with Crippen LogP contribution in [0.4, 0.5) is 13.2 Å². The Balaban J connectivity index is 3.15. The molecular formula is C13H15F3O7. The Morgan fingerprint density at radius 3 is 2.09 bits per heavy atom. The van der Waals surface area contributed by atoms with E-state index in [2.05, 4.69) is 9.47 Å². The van der Waals surface area contributed by atoms with Crippen LogP contribution in [-0.4, -0.2) is 49.0 Å². The summed E-state index contributed by atoms with van der Waals surface area (Å²) >= 11 is 0. The average Bonchev–Trinajstić information content (AvgIpc) is 2.36. The van der Waals surface area contributed by atoms with Crippen molar-refractivity contribution >= 4 is 17.9 Å². The molecule has 3 atom stereocenters. The Labute approximate surface area is 129 Å². The van der Waals surface area contributed by atoms with Gasteiger partial charge < -0.3 is 18.9 Å². The van der Waals surface area contributed by atoms with Crippen LogP contribution in [0.5, 0.6) is 0 Å². The number of carbonyl (C=O) groups excluding carboxylic acids is 3. The average molecular weight is 340 g/mol. The van der Waals surface area contributed by atoms with Crippen LogP contribution < -0.4 is 0 Å². The summed E-state index contributed by atoms with van der Waals surface area (Å²) in [5.74, 6) is -2.62. The fourth-order valence-electron chi connectivity index (χ4n) is 1.88. The number of ether oxygens (including phenoxy) is 4. The molecule has 0 aromatic rings. The summed E-state index contributed by atoms with van der Waals surface area (Å²) in [6.07, 6.45) is -9.30. The van der Waals surface area contributed by atoms with Crippen molar-refractivity contribution in [3.05, 3.63) is 11.8 Å². The fraction of sp³-hybridized carbons (Fsp3) is 0.615. The van der Waals surface area contributed by atoms with Crippen molar-refractivity contribution in [2.75, 3.05) is 6.61 Å². The molecule has 0 saturated heterocycles. The molecule has 0 bridgehead atoms. The van der Waals surface area contributed by atoms with Crippen LogP contribution in [0.3, 0.4) is 0 Å². The lowest BCUT2D eigenvalue weighted by Crippen LogP contribution is -2.51. The van der Waals surface area contributed by atoms with Crippen molar-refractivity contribution in [2.24, 2.45) is 0 Å². The summed E-state index contributed by atoms with van der Waals surface area (Å²) in [5.41, 5.74) is -1.32. The maximum atomic E-state index is 13.0. The van der Waals surface area contributed by atoms with Crippen molar-refractivity contribution in [1.82, 2.24) is 0 Å². The zero-order chi connectivity index (χ0) is 17.8. The summed E-state index contributed by atoms with van der Waals surface area (Å²) in [6.45, 7) is 2.49. The number of rotatable bonds is 4. The molecule has 10 heteroatoms. The highest BCUT2D eigenvalue weighted by atomic mass is 19.4. The van der Waals surface area contributed by atoms with E-state index in [0.717, 1.165) is 20.8 Å². The van der Waals surface area contributed by atoms with Gasteiger partial charge in [0.25, 0.3) is 0 Å². The van der Waals surface area contributed by atoms with Gasteiger partial charge in [-0.2, -0.15) is 13.2 Å². The summed E-state index contributed by atoms with van der Waals surface area (Å²) in [4.78, 5) is 33.1. The topological polar surface area (TPSA) is 88.1 Å². The third kappa shape index (κ3) is 5.46. The van der Waals surface area contributed by atoms with E-state index in [9.17, 15) is 27.6 Å². The number of esters is 3. The number of alkyl halides is 3. The smallest absolute Gasteiger partial charge is 0.419 e. The largest absolute Gasteiger partial charge is 0.490 e. The molecule has 1 aliphatic heterocycles. The fourth-order valence-corrected chi connectivity index (χ4v) is 1.88. The lowest BCUT2D eigenvalue weighted by Gasteiger charge is -2.36. The molecule has 0 amide bonds. The lowest BCUT2D eigenvalue weighted by molar-refractivity contribution is -0.192. The molecule has 0 saturated carbocycles. The van der Waals surface area contributed by atoms with Gasteiger partial charge in [0.15, 0.2) is 18.3 Å². The van der Waals surface area contributed by atoms with Crippen LogP contribution in [0.15, 0.2) is 11.8 Å². The highest BCUT2D eigenvalue weighted by Crippen LogP contribution is 2.36. The first-order chi connectivity index (χ1) is 10.5. The minimum absolute atomic E-state index is 0.363. The van der Waals surface area contributed by atoms with Gasteiger partial charge in [-0.05, 0) is 0 Å². The van der Waals surface area contributed by atoms with Crippen molar-refractivity contribution in [1.29, 1.82) is 0 Å². The van der Waals surface area contributed by atoms with Crippen molar-refractivity contribution < 1.29 is 46.5 Å². The van der Waals surface area contributed by atoms with Crippen LogP contribution in [0, 0.1) is 0 Å². The summed E-state index contributed by atoms with van der Waals surface area (Å²) in [6, 6.07) is 0. The summed E-state index contributed by atoms with van der Waals surface area (Å²) < 4.78 is 58.1. The van der Waals surface area contributed by atoms with Crippen LogP contribution in [0.2, 0.25) is 0 Å². The second kappa shape index (κ2) is 7.34. The van der Waals surface area contributed by atoms with Crippen LogP contribution >= 0.6 is 0 Å². The first-order valence-corrected chi connectivity index (χ1v) is 6.43. The van der Waals surface area contributed by atoms with Crippen molar-refractivity contribution in [3.8, 4) is 0 Å². The molecule has 0 unspecified atom stereocenters. The molecule has 1 aliphatic rings. The quantitative estimate of drug-likeness (QED) is 0.562. The second-order valence-corrected chi connectivity index (χ2v) is 4.65. The Hall–Kier alpha value is -2.26. The number of halogens is 3. The van der Waals surface area contributed by atoms with Crippen LogP contribution in [0.25, 0.3) is 0 Å². The molecular weight excluding hydrogens is 325 g/mol. The summed E-state index contributed by atoms with van der Waals surface area (Å²) in [5, 5.41) is 0. The van der Waals surface area contributed by atoms with Crippen LogP contribution in [0.1, 0.15) is 20.8 Å². The van der Waals surface area contributed by atoms with Gasteiger partial charge in [-0.3, -0.25) is 14.4 Å². The summed E-state index contributed by atoms with van der Waals surface area (Å²) in [7, 11) is 0. The van der Waals surface area contributed by atoms with Gasteiger partial charge in [-0.15, -0.1) is 0 Å². The third-order valence-electron chi connectivity index (χ3n) is 2.71. The van der Waals surface area contributed by atoms with Gasteiger partial charge in [0.1, 0.15) is 12.2 Å². The van der Waals surface area contributed by atoms with Gasteiger partial charge in [-0.1, -0.05) is 0 Å². The highest BCUT2D eigenvalue weighted by Gasteiger charge is 2.51. The van der Waals surface area contributed by atoms with Gasteiger partial charge in [0.05, 0.1) is 6.26 Å². The molecule has 0 radical (unpaired) electrons. The number of carbonyl (C=O) groups is 3. The third-order valence-corrected chi connectivity index (χ3v) is 2.71. The van der Waals surface area contributed by atoms with E-state index in [1.807, 2.05) is 0 Å². The highest BCUT2D eigenvalue weighted by molar-refractivity contribution is 5.68. The molecule has 0 fully saturated rings. The first kappa shape index (κ1) is 18.8. The molecule has 7 nitrogen and oxygen atoms in total. The Bertz CT molecular complexity index is 512. The second-order valence-electron chi connectivity index (χ2n) is 4.65. The van der Waals surface area contributed by atoms with E-state index in [1.54, 1.807) is 0 Å². The van der Waals surface area contributed by atoms with Crippen molar-refractivity contribution in [3.63, 3.8) is 0 Å². The van der Waals surface area contributed by atoms with Gasteiger partial charge in [0.2, 0.25) is 0 Å². The van der Waals surface area contributed by atoms with Crippen molar-refractivity contribution in [2.45, 2.75) is 45.3 Å². The molecule has 1 rings (SSSR count). The van der Waals surface area contributed by atoms with E-state index in [1.165, 1.54) is 0 Å². The van der Waals surface area contributed by atoms with Gasteiger partial charge in [0, 0.05) is 20.8 Å². The van der Waals surface area contributed by atoms with Gasteiger partial charge >= 0.3 is 24.1 Å². The molecule has 0 aromatic carbocycles. The molecule has 0 aromatic heterocycles. The Kier molecular flexibility index (Phi) is 5.99. The molecule has 0 spiro atoms. The maximum Gasteiger partial charge on any atom is 0.419 e. The minimum Gasteiger partial charge on any atom is -0.490 e. The molecule has 0 N–H and O–H groups in total. The van der Waals surface area contributed by atoms with Crippen LogP contribution in [-0.2, 0) is 33.3 Å². The Morgan fingerprint density at radius 2 is 1.65 bits per heavy atom. The minimum atomic E-state index is -4.87. The first-order valence-electron chi connectivity index (χ1n) is 6.43. The van der Waals surface area contributed by atoms with E-state index < -0.39 is 54.6 Å². The molecule has 1 heterocycles. The maximum absolute atomic E-state index is 13.0. The molecule has 23 heavy (non-hydrogen) atoms. The van der Waals surface area contributed by atoms with E-state index >= 15 is 0 Å². The predicted molar refractivity (Wildman–Crippen MR) is 66.8 cm³/mol. The lowest BCUT2D eigenvalue weighted by atomic mass is 9.98. The number of hydrogen-bond donors (Lipinski definition) is 0. The Morgan fingerprint density at radius 1 is 1.09 bits per heavy atom. The predicted octanol–water partition coefficient (Wildman–Crippen LogP) is 1.26. The van der Waals surface area contributed by atoms with E-state index in [0.29, 0.717) is 6.26 Å². The zero-order valence-corrected chi connectivity index (χ0v) is 12.5. The molecule has 130 valence electrons. The normalized spacial score (nSPS) is 24.1.